The van der Waals surface area contributed by atoms with Crippen LogP contribution in [0.25, 0.3) is 0 Å². The molecule has 21 heavy (non-hydrogen) atoms. The second-order valence-corrected chi connectivity index (χ2v) is 5.74. The molecule has 0 heterocycles. The van der Waals surface area contributed by atoms with Gasteiger partial charge in [0.05, 0.1) is 10.5 Å². The van der Waals surface area contributed by atoms with Crippen molar-refractivity contribution < 1.29 is 14.8 Å². The van der Waals surface area contributed by atoms with Crippen molar-refractivity contribution in [3.8, 4) is 0 Å². The molecular weight excluding hydrogens is 290 g/mol. The maximum absolute atomic E-state index is 11.1. The summed E-state index contributed by atoms with van der Waals surface area (Å²) in [6.45, 7) is 3.41. The van der Waals surface area contributed by atoms with Crippen LogP contribution >= 0.6 is 11.8 Å². The van der Waals surface area contributed by atoms with Crippen molar-refractivity contribution in [1.82, 2.24) is 0 Å². The molecule has 0 saturated carbocycles. The number of hydrogen-bond acceptors (Lipinski definition) is 4. The number of rotatable bonds is 4. The van der Waals surface area contributed by atoms with E-state index in [1.54, 1.807) is 44.2 Å². The molecule has 0 radical (unpaired) electrons. The fourth-order valence-corrected chi connectivity index (χ4v) is 2.77. The first-order valence-electron chi connectivity index (χ1n) is 6.15. The van der Waals surface area contributed by atoms with Crippen molar-refractivity contribution >= 4 is 23.4 Å². The van der Waals surface area contributed by atoms with Gasteiger partial charge in [0.1, 0.15) is 0 Å². The van der Waals surface area contributed by atoms with Gasteiger partial charge in [-0.3, -0.25) is 10.1 Å². The Morgan fingerprint density at radius 1 is 1.10 bits per heavy atom. The highest BCUT2D eigenvalue weighted by Gasteiger charge is 2.13. The van der Waals surface area contributed by atoms with Crippen LogP contribution in [0.5, 0.6) is 0 Å². The summed E-state index contributed by atoms with van der Waals surface area (Å²) >= 11 is 1.30. The lowest BCUT2D eigenvalue weighted by Crippen LogP contribution is -1.99. The molecule has 5 nitrogen and oxygen atoms in total. The summed E-state index contributed by atoms with van der Waals surface area (Å²) in [4.78, 5) is 23.1. The molecule has 0 fully saturated rings. The van der Waals surface area contributed by atoms with Gasteiger partial charge in [-0.15, -0.1) is 0 Å². The van der Waals surface area contributed by atoms with Gasteiger partial charge in [-0.2, -0.15) is 0 Å². The summed E-state index contributed by atoms with van der Waals surface area (Å²) in [5.74, 6) is -0.982. The Kier molecular flexibility index (Phi) is 4.28. The van der Waals surface area contributed by atoms with Crippen molar-refractivity contribution in [2.75, 3.05) is 0 Å². The van der Waals surface area contributed by atoms with Crippen LogP contribution in [0.15, 0.2) is 46.2 Å². The Morgan fingerprint density at radius 3 is 2.24 bits per heavy atom. The SMILES string of the molecule is Cc1ccc(Sc2ccc(C)c([N+](=O)[O-])c2)cc1C(=O)O. The zero-order chi connectivity index (χ0) is 15.6. The molecule has 0 aliphatic carbocycles. The van der Waals surface area contributed by atoms with Crippen LogP contribution in [0.4, 0.5) is 5.69 Å². The molecule has 0 aliphatic heterocycles. The number of aromatic carboxylic acids is 1. The van der Waals surface area contributed by atoms with E-state index in [1.807, 2.05) is 0 Å². The molecule has 2 aromatic carbocycles. The van der Waals surface area contributed by atoms with Crippen LogP contribution in [-0.4, -0.2) is 16.0 Å². The van der Waals surface area contributed by atoms with Crippen molar-refractivity contribution in [1.29, 1.82) is 0 Å². The third-order valence-electron chi connectivity index (χ3n) is 3.05. The quantitative estimate of drug-likeness (QED) is 0.680. The van der Waals surface area contributed by atoms with Crippen LogP contribution in [0.3, 0.4) is 0 Å². The Balaban J connectivity index is 2.34. The molecule has 2 rings (SSSR count). The van der Waals surface area contributed by atoms with E-state index < -0.39 is 10.9 Å². The van der Waals surface area contributed by atoms with Crippen molar-refractivity contribution in [3.63, 3.8) is 0 Å². The van der Waals surface area contributed by atoms with E-state index in [9.17, 15) is 14.9 Å². The second-order valence-electron chi connectivity index (χ2n) is 4.59. The summed E-state index contributed by atoms with van der Waals surface area (Å²) in [6.07, 6.45) is 0. The number of nitro benzene ring substituents is 1. The highest BCUT2D eigenvalue weighted by Crippen LogP contribution is 2.32. The minimum Gasteiger partial charge on any atom is -0.478 e. The number of aryl methyl sites for hydroxylation is 2. The average molecular weight is 303 g/mol. The number of carbonyl (C=O) groups is 1. The molecule has 0 saturated heterocycles. The molecule has 6 heteroatoms. The van der Waals surface area contributed by atoms with Crippen LogP contribution in [0.1, 0.15) is 21.5 Å². The Morgan fingerprint density at radius 2 is 1.67 bits per heavy atom. The van der Waals surface area contributed by atoms with Gasteiger partial charge in [-0.25, -0.2) is 4.79 Å². The van der Waals surface area contributed by atoms with E-state index >= 15 is 0 Å². The number of benzene rings is 2. The van der Waals surface area contributed by atoms with Gasteiger partial charge in [-0.05, 0) is 37.6 Å². The summed E-state index contributed by atoms with van der Waals surface area (Å²) in [5, 5.41) is 20.0. The standard InChI is InChI=1S/C15H13NO4S/c1-9-3-5-11(7-13(9)15(17)18)21-12-6-4-10(2)14(8-12)16(19)20/h3-8H,1-2H3,(H,17,18). The van der Waals surface area contributed by atoms with E-state index in [0.29, 0.717) is 16.0 Å². The summed E-state index contributed by atoms with van der Waals surface area (Å²) in [7, 11) is 0. The third-order valence-corrected chi connectivity index (χ3v) is 4.03. The van der Waals surface area contributed by atoms with Crippen LogP contribution in [0.2, 0.25) is 0 Å². The monoisotopic (exact) mass is 303 g/mol. The van der Waals surface area contributed by atoms with Gasteiger partial charge in [0.15, 0.2) is 0 Å². The van der Waals surface area contributed by atoms with Gasteiger partial charge in [0.2, 0.25) is 0 Å². The molecule has 2 aromatic rings. The van der Waals surface area contributed by atoms with Gasteiger partial charge < -0.3 is 5.11 Å². The van der Waals surface area contributed by atoms with E-state index in [4.69, 9.17) is 5.11 Å². The molecule has 0 atom stereocenters. The zero-order valence-corrected chi connectivity index (χ0v) is 12.3. The van der Waals surface area contributed by atoms with E-state index in [-0.39, 0.29) is 11.3 Å². The van der Waals surface area contributed by atoms with Crippen molar-refractivity contribution in [2.45, 2.75) is 23.6 Å². The van der Waals surface area contributed by atoms with E-state index in [1.165, 1.54) is 17.8 Å². The number of carboxylic acid groups (broad SMARTS) is 1. The highest BCUT2D eigenvalue weighted by molar-refractivity contribution is 7.99. The average Bonchev–Trinajstić information content (AvgIpc) is 2.42. The zero-order valence-electron chi connectivity index (χ0n) is 11.5. The molecule has 0 amide bonds. The summed E-state index contributed by atoms with van der Waals surface area (Å²) in [6, 6.07) is 10.1. The number of nitro groups is 1. The first-order chi connectivity index (χ1) is 9.88. The first-order valence-corrected chi connectivity index (χ1v) is 6.97. The highest BCUT2D eigenvalue weighted by atomic mass is 32.2. The van der Waals surface area contributed by atoms with Crippen molar-refractivity contribution in [2.24, 2.45) is 0 Å². The minimum absolute atomic E-state index is 0.0607. The van der Waals surface area contributed by atoms with E-state index in [2.05, 4.69) is 0 Å². The molecule has 0 unspecified atom stereocenters. The molecular formula is C15H13NO4S. The molecule has 0 aromatic heterocycles. The van der Waals surface area contributed by atoms with Gasteiger partial charge in [0, 0.05) is 21.4 Å². The largest absolute Gasteiger partial charge is 0.478 e. The van der Waals surface area contributed by atoms with E-state index in [0.717, 1.165) is 4.90 Å². The normalized spacial score (nSPS) is 10.4. The van der Waals surface area contributed by atoms with Crippen molar-refractivity contribution in [3.05, 3.63) is 63.2 Å². The first kappa shape index (κ1) is 15.1. The molecule has 0 spiro atoms. The van der Waals surface area contributed by atoms with Crippen LogP contribution in [-0.2, 0) is 0 Å². The van der Waals surface area contributed by atoms with Crippen LogP contribution in [0, 0.1) is 24.0 Å². The molecule has 108 valence electrons. The lowest BCUT2D eigenvalue weighted by atomic mass is 10.1. The maximum atomic E-state index is 11.1. The second kappa shape index (κ2) is 5.97. The smallest absolute Gasteiger partial charge is 0.335 e. The minimum atomic E-state index is -0.982. The molecule has 0 aliphatic rings. The number of hydrogen-bond donors (Lipinski definition) is 1. The Hall–Kier alpha value is -2.34. The summed E-state index contributed by atoms with van der Waals surface area (Å²) in [5.41, 5.74) is 1.58. The van der Waals surface area contributed by atoms with Gasteiger partial charge in [-0.1, -0.05) is 23.9 Å². The fourth-order valence-electron chi connectivity index (χ4n) is 1.88. The topological polar surface area (TPSA) is 80.4 Å². The van der Waals surface area contributed by atoms with Crippen LogP contribution < -0.4 is 0 Å². The number of carboxylic acids is 1. The summed E-state index contributed by atoms with van der Waals surface area (Å²) < 4.78 is 0. The van der Waals surface area contributed by atoms with Gasteiger partial charge in [0.25, 0.3) is 5.69 Å². The maximum Gasteiger partial charge on any atom is 0.335 e. The fraction of sp³-hybridized carbons (Fsp3) is 0.133. The Bertz CT molecular complexity index is 666. The lowest BCUT2D eigenvalue weighted by molar-refractivity contribution is -0.385. The number of nitrogens with zero attached hydrogens (tertiary/aromatic N) is 1. The predicted octanol–water partition coefficient (Wildman–Crippen LogP) is 4.06. The third kappa shape index (κ3) is 3.41. The van der Waals surface area contributed by atoms with Gasteiger partial charge >= 0.3 is 5.97 Å². The predicted molar refractivity (Wildman–Crippen MR) is 80.1 cm³/mol. The molecule has 1 N–H and O–H groups in total. The molecule has 0 bridgehead atoms. The lowest BCUT2D eigenvalue weighted by Gasteiger charge is -2.06. The Labute approximate surface area is 125 Å².